The van der Waals surface area contributed by atoms with E-state index in [1.54, 1.807) is 14.2 Å². The Kier molecular flexibility index (Phi) is 6.74. The highest BCUT2D eigenvalue weighted by Crippen LogP contribution is 2.24. The molecule has 0 radical (unpaired) electrons. The summed E-state index contributed by atoms with van der Waals surface area (Å²) in [5.74, 6) is 2.63. The summed E-state index contributed by atoms with van der Waals surface area (Å²) in [7, 11) is 3.34. The van der Waals surface area contributed by atoms with Crippen LogP contribution in [0.1, 0.15) is 30.4 Å². The van der Waals surface area contributed by atoms with Gasteiger partial charge < -0.3 is 14.4 Å². The SMILES string of the molecule is COc1ccc(CCC2CCN(C(=O)Cc3cccc(OC)c3)CC2)cc1. The van der Waals surface area contributed by atoms with Crippen molar-refractivity contribution in [2.24, 2.45) is 5.92 Å². The lowest BCUT2D eigenvalue weighted by Crippen LogP contribution is -2.39. The number of likely N-dealkylation sites (tertiary alicyclic amines) is 1. The Morgan fingerprint density at radius 3 is 2.33 bits per heavy atom. The molecule has 0 unspecified atom stereocenters. The largest absolute Gasteiger partial charge is 0.497 e. The number of carbonyl (C=O) groups is 1. The molecule has 0 aliphatic carbocycles. The lowest BCUT2D eigenvalue weighted by Gasteiger charge is -2.32. The zero-order valence-corrected chi connectivity index (χ0v) is 16.3. The summed E-state index contributed by atoms with van der Waals surface area (Å²) in [5.41, 5.74) is 2.37. The van der Waals surface area contributed by atoms with Crippen LogP contribution in [0.25, 0.3) is 0 Å². The fourth-order valence-electron chi connectivity index (χ4n) is 3.70. The molecule has 1 amide bonds. The third-order valence-corrected chi connectivity index (χ3v) is 5.46. The molecule has 0 atom stereocenters. The van der Waals surface area contributed by atoms with Crippen LogP contribution in [-0.4, -0.2) is 38.1 Å². The van der Waals surface area contributed by atoms with Crippen LogP contribution in [0.2, 0.25) is 0 Å². The molecule has 4 nitrogen and oxygen atoms in total. The van der Waals surface area contributed by atoms with Gasteiger partial charge >= 0.3 is 0 Å². The number of methoxy groups -OCH3 is 2. The monoisotopic (exact) mass is 367 g/mol. The first-order valence-electron chi connectivity index (χ1n) is 9.71. The van der Waals surface area contributed by atoms with E-state index in [0.717, 1.165) is 49.4 Å². The zero-order chi connectivity index (χ0) is 19.1. The van der Waals surface area contributed by atoms with Crippen molar-refractivity contribution in [3.8, 4) is 11.5 Å². The summed E-state index contributed by atoms with van der Waals surface area (Å²) in [6, 6.07) is 16.1. The van der Waals surface area contributed by atoms with Gasteiger partial charge in [-0.3, -0.25) is 4.79 Å². The summed E-state index contributed by atoms with van der Waals surface area (Å²) in [6.07, 6.45) is 4.92. The molecule has 0 saturated carbocycles. The average Bonchev–Trinajstić information content (AvgIpc) is 2.73. The van der Waals surface area contributed by atoms with Gasteiger partial charge in [0.15, 0.2) is 0 Å². The Hall–Kier alpha value is -2.49. The number of hydrogen-bond acceptors (Lipinski definition) is 3. The summed E-state index contributed by atoms with van der Waals surface area (Å²) in [4.78, 5) is 14.6. The lowest BCUT2D eigenvalue weighted by atomic mass is 9.90. The van der Waals surface area contributed by atoms with Gasteiger partial charge in [0.2, 0.25) is 5.91 Å². The first-order chi connectivity index (χ1) is 13.2. The molecule has 2 aromatic carbocycles. The normalized spacial score (nSPS) is 14.8. The van der Waals surface area contributed by atoms with E-state index in [4.69, 9.17) is 9.47 Å². The van der Waals surface area contributed by atoms with Crippen molar-refractivity contribution in [1.82, 2.24) is 4.90 Å². The van der Waals surface area contributed by atoms with Crippen LogP contribution >= 0.6 is 0 Å². The Morgan fingerprint density at radius 1 is 0.963 bits per heavy atom. The molecule has 1 heterocycles. The van der Waals surface area contributed by atoms with Gasteiger partial charge in [-0.1, -0.05) is 24.3 Å². The maximum atomic E-state index is 12.6. The summed E-state index contributed by atoms with van der Waals surface area (Å²) in [5, 5.41) is 0. The third-order valence-electron chi connectivity index (χ3n) is 5.46. The quantitative estimate of drug-likeness (QED) is 0.739. The van der Waals surface area contributed by atoms with Gasteiger partial charge in [-0.05, 0) is 67.0 Å². The highest BCUT2D eigenvalue weighted by Gasteiger charge is 2.22. The second kappa shape index (κ2) is 9.45. The molecule has 2 aromatic rings. The smallest absolute Gasteiger partial charge is 0.226 e. The van der Waals surface area contributed by atoms with Gasteiger partial charge in [0.25, 0.3) is 0 Å². The van der Waals surface area contributed by atoms with E-state index in [-0.39, 0.29) is 5.91 Å². The van der Waals surface area contributed by atoms with E-state index < -0.39 is 0 Å². The van der Waals surface area contributed by atoms with Crippen LogP contribution in [-0.2, 0) is 17.6 Å². The van der Waals surface area contributed by atoms with Crippen molar-refractivity contribution in [2.75, 3.05) is 27.3 Å². The molecule has 1 aliphatic rings. The molecule has 1 saturated heterocycles. The fourth-order valence-corrected chi connectivity index (χ4v) is 3.70. The second-order valence-electron chi connectivity index (χ2n) is 7.24. The van der Waals surface area contributed by atoms with E-state index in [0.29, 0.717) is 12.3 Å². The molecule has 3 rings (SSSR count). The number of rotatable bonds is 7. The van der Waals surface area contributed by atoms with Crippen LogP contribution in [0.15, 0.2) is 48.5 Å². The fraction of sp³-hybridized carbons (Fsp3) is 0.435. The van der Waals surface area contributed by atoms with Crippen molar-refractivity contribution >= 4 is 5.91 Å². The highest BCUT2D eigenvalue weighted by atomic mass is 16.5. The number of ether oxygens (including phenoxy) is 2. The predicted molar refractivity (Wildman–Crippen MR) is 107 cm³/mol. The standard InChI is InChI=1S/C23H29NO3/c1-26-21-10-8-18(9-11-21)6-7-19-12-14-24(15-13-19)23(25)17-20-4-3-5-22(16-20)27-2/h3-5,8-11,16,19H,6-7,12-15,17H2,1-2H3. The molecule has 27 heavy (non-hydrogen) atoms. The maximum Gasteiger partial charge on any atom is 0.226 e. The number of carbonyl (C=O) groups excluding carboxylic acids is 1. The van der Waals surface area contributed by atoms with Crippen LogP contribution in [0.5, 0.6) is 11.5 Å². The summed E-state index contributed by atoms with van der Waals surface area (Å²) >= 11 is 0. The first-order valence-corrected chi connectivity index (χ1v) is 9.71. The highest BCUT2D eigenvalue weighted by molar-refractivity contribution is 5.79. The van der Waals surface area contributed by atoms with E-state index in [1.165, 1.54) is 12.0 Å². The molecule has 1 aliphatic heterocycles. The Bertz CT molecular complexity index is 734. The number of aryl methyl sites for hydroxylation is 1. The number of amides is 1. The Balaban J connectivity index is 1.43. The van der Waals surface area contributed by atoms with Crippen LogP contribution in [0.3, 0.4) is 0 Å². The van der Waals surface area contributed by atoms with Crippen molar-refractivity contribution < 1.29 is 14.3 Å². The molecule has 1 fully saturated rings. The topological polar surface area (TPSA) is 38.8 Å². The summed E-state index contributed by atoms with van der Waals surface area (Å²) in [6.45, 7) is 1.74. The van der Waals surface area contributed by atoms with Crippen LogP contribution in [0.4, 0.5) is 0 Å². The number of hydrogen-bond donors (Lipinski definition) is 0. The number of benzene rings is 2. The average molecular weight is 367 g/mol. The van der Waals surface area contributed by atoms with Crippen molar-refractivity contribution in [3.63, 3.8) is 0 Å². The van der Waals surface area contributed by atoms with Gasteiger partial charge in [0.05, 0.1) is 20.6 Å². The minimum absolute atomic E-state index is 0.219. The van der Waals surface area contributed by atoms with Crippen LogP contribution in [0, 0.1) is 5.92 Å². The summed E-state index contributed by atoms with van der Waals surface area (Å²) < 4.78 is 10.4. The number of nitrogens with zero attached hydrogens (tertiary/aromatic N) is 1. The Labute approximate surface area is 162 Å². The number of piperidine rings is 1. The molecule has 0 aromatic heterocycles. The molecule has 0 spiro atoms. The van der Waals surface area contributed by atoms with Crippen molar-refractivity contribution in [2.45, 2.75) is 32.1 Å². The second-order valence-corrected chi connectivity index (χ2v) is 7.24. The molecule has 0 N–H and O–H groups in total. The molecule has 4 heteroatoms. The molecule has 0 bridgehead atoms. The van der Waals surface area contributed by atoms with Gasteiger partial charge in [-0.25, -0.2) is 0 Å². The maximum absolute atomic E-state index is 12.6. The minimum Gasteiger partial charge on any atom is -0.497 e. The van der Waals surface area contributed by atoms with E-state index in [9.17, 15) is 4.79 Å². The van der Waals surface area contributed by atoms with Gasteiger partial charge in [-0.15, -0.1) is 0 Å². The van der Waals surface area contributed by atoms with E-state index in [1.807, 2.05) is 41.3 Å². The zero-order valence-electron chi connectivity index (χ0n) is 16.3. The minimum atomic E-state index is 0.219. The lowest BCUT2D eigenvalue weighted by molar-refractivity contribution is -0.131. The predicted octanol–water partition coefficient (Wildman–Crippen LogP) is 4.12. The molecule has 144 valence electrons. The Morgan fingerprint density at radius 2 is 1.67 bits per heavy atom. The van der Waals surface area contributed by atoms with Crippen molar-refractivity contribution in [1.29, 1.82) is 0 Å². The van der Waals surface area contributed by atoms with Crippen LogP contribution < -0.4 is 9.47 Å². The van der Waals surface area contributed by atoms with E-state index >= 15 is 0 Å². The third kappa shape index (κ3) is 5.49. The first kappa shape index (κ1) is 19.3. The molecular weight excluding hydrogens is 338 g/mol. The van der Waals surface area contributed by atoms with E-state index in [2.05, 4.69) is 12.1 Å². The van der Waals surface area contributed by atoms with Gasteiger partial charge in [0, 0.05) is 13.1 Å². The van der Waals surface area contributed by atoms with Gasteiger partial charge in [-0.2, -0.15) is 0 Å². The molecular formula is C23H29NO3. The van der Waals surface area contributed by atoms with Crippen molar-refractivity contribution in [3.05, 3.63) is 59.7 Å². The van der Waals surface area contributed by atoms with Gasteiger partial charge in [0.1, 0.15) is 11.5 Å².